The fourth-order valence-corrected chi connectivity index (χ4v) is 3.60. The molecule has 1 fully saturated rings. The molecule has 0 bridgehead atoms. The number of carbonyl (C=O) groups excluding carboxylic acids is 4. The van der Waals surface area contributed by atoms with E-state index in [4.69, 9.17) is 4.74 Å². The summed E-state index contributed by atoms with van der Waals surface area (Å²) in [7, 11) is 0. The molecule has 174 valence electrons. The van der Waals surface area contributed by atoms with Crippen LogP contribution in [0.1, 0.15) is 44.0 Å². The van der Waals surface area contributed by atoms with Crippen LogP contribution in [0.25, 0.3) is 0 Å². The molecule has 3 N–H and O–H groups in total. The highest BCUT2D eigenvalue weighted by molar-refractivity contribution is 6.10. The van der Waals surface area contributed by atoms with Crippen LogP contribution in [-0.2, 0) is 9.59 Å². The third-order valence-corrected chi connectivity index (χ3v) is 5.61. The monoisotopic (exact) mass is 452 g/mol. The highest BCUT2D eigenvalue weighted by Crippen LogP contribution is 2.25. The number of benzene rings is 2. The van der Waals surface area contributed by atoms with Gasteiger partial charge < -0.3 is 20.7 Å². The van der Waals surface area contributed by atoms with Crippen LogP contribution in [0.15, 0.2) is 48.5 Å². The number of anilines is 2. The predicted molar refractivity (Wildman–Crippen MR) is 124 cm³/mol. The second-order valence-electron chi connectivity index (χ2n) is 7.65. The summed E-state index contributed by atoms with van der Waals surface area (Å²) < 4.78 is 5.38. The largest absolute Gasteiger partial charge is 0.494 e. The molecule has 2 aromatic rings. The van der Waals surface area contributed by atoms with Crippen LogP contribution in [0.4, 0.5) is 16.2 Å². The summed E-state index contributed by atoms with van der Waals surface area (Å²) >= 11 is 0. The van der Waals surface area contributed by atoms with Crippen molar-refractivity contribution < 1.29 is 23.9 Å². The van der Waals surface area contributed by atoms with Gasteiger partial charge in [0.1, 0.15) is 17.8 Å². The van der Waals surface area contributed by atoms with Gasteiger partial charge in [0, 0.05) is 16.9 Å². The van der Waals surface area contributed by atoms with Gasteiger partial charge in [-0.1, -0.05) is 13.8 Å². The Balaban J connectivity index is 1.56. The molecule has 5 amide bonds. The van der Waals surface area contributed by atoms with Gasteiger partial charge in [-0.05, 0) is 68.3 Å². The summed E-state index contributed by atoms with van der Waals surface area (Å²) in [4.78, 5) is 50.6. The Kier molecular flexibility index (Phi) is 7.32. The van der Waals surface area contributed by atoms with E-state index in [9.17, 15) is 19.2 Å². The zero-order valence-electron chi connectivity index (χ0n) is 18.9. The van der Waals surface area contributed by atoms with Crippen molar-refractivity contribution in [2.24, 2.45) is 0 Å². The van der Waals surface area contributed by atoms with Crippen LogP contribution >= 0.6 is 0 Å². The normalized spacial score (nSPS) is 14.6. The van der Waals surface area contributed by atoms with Crippen molar-refractivity contribution in [3.05, 3.63) is 54.1 Å². The molecule has 0 radical (unpaired) electrons. The molecule has 0 aliphatic carbocycles. The summed E-state index contributed by atoms with van der Waals surface area (Å²) in [6.45, 7) is 5.71. The molecule has 0 spiro atoms. The maximum Gasteiger partial charge on any atom is 0.325 e. The third-order valence-electron chi connectivity index (χ3n) is 5.61. The Bertz CT molecular complexity index is 1030. The van der Waals surface area contributed by atoms with Crippen LogP contribution in [0, 0.1) is 0 Å². The first-order valence-electron chi connectivity index (χ1n) is 10.9. The van der Waals surface area contributed by atoms with E-state index in [0.29, 0.717) is 36.4 Å². The molecular formula is C24H28N4O5. The molecule has 1 aliphatic rings. The van der Waals surface area contributed by atoms with Gasteiger partial charge in [0.25, 0.3) is 11.8 Å². The summed E-state index contributed by atoms with van der Waals surface area (Å²) in [6.07, 6.45) is 0.902. The van der Waals surface area contributed by atoms with Gasteiger partial charge >= 0.3 is 6.03 Å². The Morgan fingerprint density at radius 1 is 0.909 bits per heavy atom. The molecule has 0 atom stereocenters. The van der Waals surface area contributed by atoms with E-state index in [1.54, 1.807) is 48.5 Å². The minimum atomic E-state index is -0.949. The van der Waals surface area contributed by atoms with Gasteiger partial charge in [-0.3, -0.25) is 19.3 Å². The Morgan fingerprint density at radius 2 is 1.48 bits per heavy atom. The number of hydrogen-bond acceptors (Lipinski definition) is 5. The van der Waals surface area contributed by atoms with Gasteiger partial charge in [0.05, 0.1) is 6.61 Å². The van der Waals surface area contributed by atoms with Crippen molar-refractivity contribution in [2.45, 2.75) is 39.2 Å². The van der Waals surface area contributed by atoms with E-state index >= 15 is 0 Å². The summed E-state index contributed by atoms with van der Waals surface area (Å²) in [5.41, 5.74) is 0.536. The lowest BCUT2D eigenvalue weighted by atomic mass is 9.93. The lowest BCUT2D eigenvalue weighted by Crippen LogP contribution is -2.46. The number of nitrogens with one attached hydrogen (secondary N) is 3. The van der Waals surface area contributed by atoms with Crippen LogP contribution in [0.3, 0.4) is 0 Å². The number of urea groups is 1. The van der Waals surface area contributed by atoms with E-state index in [2.05, 4.69) is 16.0 Å². The van der Waals surface area contributed by atoms with Crippen molar-refractivity contribution in [2.75, 3.05) is 23.8 Å². The Labute approximate surface area is 192 Å². The van der Waals surface area contributed by atoms with E-state index in [0.717, 1.165) is 10.6 Å². The SMILES string of the molecule is CCOc1ccc(NC(=O)c2ccc(NC(=O)CN3C(=O)NC(CC)(CC)C3=O)cc2)cc1. The van der Waals surface area contributed by atoms with Gasteiger partial charge in [-0.25, -0.2) is 4.79 Å². The second kappa shape index (κ2) is 10.2. The first kappa shape index (κ1) is 23.8. The number of hydrogen-bond donors (Lipinski definition) is 3. The smallest absolute Gasteiger partial charge is 0.325 e. The van der Waals surface area contributed by atoms with Gasteiger partial charge in [-0.2, -0.15) is 0 Å². The van der Waals surface area contributed by atoms with Crippen LogP contribution in [0.5, 0.6) is 5.75 Å². The first-order valence-corrected chi connectivity index (χ1v) is 10.9. The lowest BCUT2D eigenvalue weighted by Gasteiger charge is -2.23. The molecule has 1 aliphatic heterocycles. The van der Waals surface area contributed by atoms with E-state index in [1.165, 1.54) is 0 Å². The molecule has 1 saturated heterocycles. The van der Waals surface area contributed by atoms with Crippen LogP contribution in [-0.4, -0.2) is 47.3 Å². The summed E-state index contributed by atoms with van der Waals surface area (Å²) in [5.74, 6) is -0.479. The minimum Gasteiger partial charge on any atom is -0.494 e. The highest BCUT2D eigenvalue weighted by atomic mass is 16.5. The molecule has 0 saturated carbocycles. The second-order valence-corrected chi connectivity index (χ2v) is 7.65. The summed E-state index contributed by atoms with van der Waals surface area (Å²) in [5, 5.41) is 8.13. The van der Waals surface area contributed by atoms with Crippen molar-refractivity contribution in [1.82, 2.24) is 10.2 Å². The molecule has 1 heterocycles. The van der Waals surface area contributed by atoms with Gasteiger partial charge in [-0.15, -0.1) is 0 Å². The fraction of sp³-hybridized carbons (Fsp3) is 0.333. The zero-order chi connectivity index (χ0) is 24.0. The number of imide groups is 1. The minimum absolute atomic E-state index is 0.299. The Hall–Kier alpha value is -3.88. The van der Waals surface area contributed by atoms with Crippen molar-refractivity contribution >= 4 is 35.1 Å². The number of carbonyl (C=O) groups is 4. The standard InChI is InChI=1S/C24H28N4O5/c1-4-24(5-2)22(31)28(23(32)27-24)15-20(29)25-17-9-7-16(8-10-17)21(30)26-18-11-13-19(14-12-18)33-6-3/h7-14H,4-6,15H2,1-3H3,(H,25,29)(H,26,30)(H,27,32). The average molecular weight is 453 g/mol. The summed E-state index contributed by atoms with van der Waals surface area (Å²) in [6, 6.07) is 12.8. The predicted octanol–water partition coefficient (Wildman–Crippen LogP) is 3.39. The van der Waals surface area contributed by atoms with Crippen molar-refractivity contribution in [1.29, 1.82) is 0 Å². The molecule has 9 nitrogen and oxygen atoms in total. The van der Waals surface area contributed by atoms with E-state index in [1.807, 2.05) is 20.8 Å². The molecule has 0 unspecified atom stereocenters. The van der Waals surface area contributed by atoms with E-state index < -0.39 is 23.4 Å². The van der Waals surface area contributed by atoms with Crippen molar-refractivity contribution in [3.63, 3.8) is 0 Å². The molecular weight excluding hydrogens is 424 g/mol. The zero-order valence-corrected chi connectivity index (χ0v) is 18.9. The molecule has 3 rings (SSSR count). The molecule has 0 aromatic heterocycles. The van der Waals surface area contributed by atoms with Crippen molar-refractivity contribution in [3.8, 4) is 5.75 Å². The fourth-order valence-electron chi connectivity index (χ4n) is 3.60. The third kappa shape index (κ3) is 5.31. The maximum absolute atomic E-state index is 12.6. The van der Waals surface area contributed by atoms with E-state index in [-0.39, 0.29) is 12.5 Å². The number of nitrogens with zero attached hydrogens (tertiary/aromatic N) is 1. The van der Waals surface area contributed by atoms with Gasteiger partial charge in [0.2, 0.25) is 5.91 Å². The highest BCUT2D eigenvalue weighted by Gasteiger charge is 2.49. The average Bonchev–Trinajstić information content (AvgIpc) is 3.05. The molecule has 9 heteroatoms. The Morgan fingerprint density at radius 3 is 2.03 bits per heavy atom. The van der Waals surface area contributed by atoms with Gasteiger partial charge in [0.15, 0.2) is 0 Å². The quantitative estimate of drug-likeness (QED) is 0.504. The topological polar surface area (TPSA) is 117 Å². The van der Waals surface area contributed by atoms with Crippen LogP contribution in [0.2, 0.25) is 0 Å². The number of amides is 5. The molecule has 2 aromatic carbocycles. The van der Waals surface area contributed by atoms with Crippen LogP contribution < -0.4 is 20.7 Å². The number of ether oxygens (including phenoxy) is 1. The number of rotatable bonds is 9. The lowest BCUT2D eigenvalue weighted by molar-refractivity contribution is -0.134. The first-order chi connectivity index (χ1) is 15.8. The molecule has 33 heavy (non-hydrogen) atoms. The maximum atomic E-state index is 12.6.